The van der Waals surface area contributed by atoms with Crippen molar-refractivity contribution in [3.63, 3.8) is 0 Å². The summed E-state index contributed by atoms with van der Waals surface area (Å²) in [5.41, 5.74) is 1.10. The molecule has 0 fully saturated rings. The van der Waals surface area contributed by atoms with Crippen molar-refractivity contribution in [1.82, 2.24) is 4.57 Å². The molecule has 0 aliphatic rings. The highest BCUT2D eigenvalue weighted by Gasteiger charge is 2.28. The number of aromatic nitrogens is 1. The Hall–Kier alpha value is -4.38. The lowest BCUT2D eigenvalue weighted by Gasteiger charge is -2.23. The van der Waals surface area contributed by atoms with Gasteiger partial charge in [0.1, 0.15) is 6.54 Å². The summed E-state index contributed by atoms with van der Waals surface area (Å²) in [6.45, 7) is -0.615. The number of nitrogens with zero attached hydrogens (tertiary/aromatic N) is 4. The minimum absolute atomic E-state index is 0.0968. The fourth-order valence-electron chi connectivity index (χ4n) is 3.73. The van der Waals surface area contributed by atoms with Crippen LogP contribution < -0.4 is 13.8 Å². The van der Waals surface area contributed by atoms with Gasteiger partial charge in [-0.2, -0.15) is 0 Å². The van der Waals surface area contributed by atoms with Crippen LogP contribution >= 0.6 is 0 Å². The number of methoxy groups -OCH3 is 2. The van der Waals surface area contributed by atoms with E-state index < -0.39 is 22.5 Å². The van der Waals surface area contributed by atoms with Gasteiger partial charge < -0.3 is 19.1 Å². The Balaban J connectivity index is 1.69. The van der Waals surface area contributed by atoms with E-state index in [0.29, 0.717) is 16.7 Å². The third-order valence-electron chi connectivity index (χ3n) is 5.58. The van der Waals surface area contributed by atoms with E-state index in [1.807, 2.05) is 6.07 Å². The summed E-state index contributed by atoms with van der Waals surface area (Å²) in [4.78, 5) is 12.8. The number of fused-ring (bicyclic) bond motifs is 1. The Labute approximate surface area is 208 Å². The lowest BCUT2D eigenvalue weighted by molar-refractivity contribution is -0.116. The van der Waals surface area contributed by atoms with Crippen molar-refractivity contribution < 1.29 is 27.8 Å². The number of rotatable bonds is 8. The number of aryl methyl sites for hydroxylation is 1. The maximum atomic E-state index is 13.6. The molecular formula is C25H24N4O6S. The molecule has 10 nitrogen and oxygen atoms in total. The third kappa shape index (κ3) is 4.60. The van der Waals surface area contributed by atoms with Gasteiger partial charge in [0.15, 0.2) is 17.2 Å². The second-order valence-corrected chi connectivity index (χ2v) is 9.57. The van der Waals surface area contributed by atoms with Crippen LogP contribution in [0.15, 0.2) is 87.9 Å². The minimum Gasteiger partial charge on any atom is -0.493 e. The highest BCUT2D eigenvalue weighted by atomic mass is 32.2. The molecule has 0 unspecified atom stereocenters. The van der Waals surface area contributed by atoms with Gasteiger partial charge in [0.05, 0.1) is 30.3 Å². The van der Waals surface area contributed by atoms with Crippen LogP contribution in [-0.4, -0.2) is 44.8 Å². The number of carbonyl (C=O) groups is 1. The minimum atomic E-state index is -4.21. The summed E-state index contributed by atoms with van der Waals surface area (Å²) >= 11 is 0. The first-order chi connectivity index (χ1) is 17.3. The van der Waals surface area contributed by atoms with Crippen molar-refractivity contribution in [2.75, 3.05) is 25.1 Å². The average molecular weight is 509 g/mol. The van der Waals surface area contributed by atoms with Gasteiger partial charge in [-0.05, 0) is 30.3 Å². The van der Waals surface area contributed by atoms with Crippen molar-refractivity contribution >= 4 is 38.2 Å². The fourth-order valence-corrected chi connectivity index (χ4v) is 5.16. The lowest BCUT2D eigenvalue weighted by Crippen LogP contribution is -2.35. The van der Waals surface area contributed by atoms with Gasteiger partial charge in [0.2, 0.25) is 5.88 Å². The summed E-state index contributed by atoms with van der Waals surface area (Å²) in [5, 5.41) is 18.7. The number of para-hydroxylation sites is 2. The maximum Gasteiger partial charge on any atom is 0.285 e. The van der Waals surface area contributed by atoms with Crippen molar-refractivity contribution in [3.8, 4) is 17.4 Å². The van der Waals surface area contributed by atoms with Crippen molar-refractivity contribution in [1.29, 1.82) is 0 Å². The Morgan fingerprint density at radius 1 is 0.972 bits per heavy atom. The van der Waals surface area contributed by atoms with Crippen molar-refractivity contribution in [2.45, 2.75) is 4.90 Å². The zero-order chi connectivity index (χ0) is 25.9. The first-order valence-corrected chi connectivity index (χ1v) is 12.2. The first kappa shape index (κ1) is 24.7. The van der Waals surface area contributed by atoms with Crippen LogP contribution in [0.3, 0.4) is 0 Å². The molecular weight excluding hydrogens is 484 g/mol. The van der Waals surface area contributed by atoms with E-state index in [-0.39, 0.29) is 27.9 Å². The second kappa shape index (κ2) is 10.1. The number of carbonyl (C=O) groups excluding carboxylic acids is 1. The van der Waals surface area contributed by atoms with Gasteiger partial charge >= 0.3 is 0 Å². The Kier molecular flexibility index (Phi) is 6.93. The Morgan fingerprint density at radius 3 is 2.33 bits per heavy atom. The molecule has 1 amide bonds. The Morgan fingerprint density at radius 2 is 1.64 bits per heavy atom. The van der Waals surface area contributed by atoms with Crippen molar-refractivity contribution in [3.05, 3.63) is 72.8 Å². The molecule has 4 aromatic rings. The Bertz CT molecular complexity index is 1550. The predicted molar refractivity (Wildman–Crippen MR) is 135 cm³/mol. The summed E-state index contributed by atoms with van der Waals surface area (Å²) < 4.78 is 40.1. The number of azo groups is 1. The molecule has 0 aliphatic heterocycles. The largest absolute Gasteiger partial charge is 0.493 e. The topological polar surface area (TPSA) is 123 Å². The van der Waals surface area contributed by atoms with Gasteiger partial charge in [0.25, 0.3) is 15.9 Å². The zero-order valence-electron chi connectivity index (χ0n) is 19.8. The third-order valence-corrected chi connectivity index (χ3v) is 7.35. The van der Waals surface area contributed by atoms with E-state index >= 15 is 0 Å². The van der Waals surface area contributed by atoms with E-state index in [1.54, 1.807) is 55.6 Å². The van der Waals surface area contributed by atoms with Crippen LogP contribution in [0.5, 0.6) is 17.4 Å². The van der Waals surface area contributed by atoms with E-state index in [2.05, 4.69) is 10.2 Å². The molecule has 1 aromatic heterocycles. The smallest absolute Gasteiger partial charge is 0.285 e. The number of anilines is 1. The van der Waals surface area contributed by atoms with E-state index in [1.165, 1.54) is 37.0 Å². The van der Waals surface area contributed by atoms with E-state index in [4.69, 9.17) is 9.47 Å². The number of ether oxygens (including phenoxy) is 2. The molecule has 0 spiro atoms. The molecule has 0 saturated carbocycles. The SMILES string of the molecule is COc1ccc(S(=O)(=O)N(CC(=O)N=Nc2c(O)n(C)c3ccccc23)c2ccccc2)cc1OC. The quantitative estimate of drug-likeness (QED) is 0.352. The molecule has 11 heteroatoms. The maximum absolute atomic E-state index is 13.6. The number of benzene rings is 3. The highest BCUT2D eigenvalue weighted by Crippen LogP contribution is 2.38. The van der Waals surface area contributed by atoms with E-state index in [0.717, 1.165) is 4.31 Å². The molecule has 0 radical (unpaired) electrons. The van der Waals surface area contributed by atoms with E-state index in [9.17, 15) is 18.3 Å². The molecule has 0 aliphatic carbocycles. The van der Waals surface area contributed by atoms with Gasteiger partial charge in [-0.1, -0.05) is 36.4 Å². The van der Waals surface area contributed by atoms with Gasteiger partial charge in [-0.25, -0.2) is 8.42 Å². The van der Waals surface area contributed by atoms with Crippen LogP contribution in [0, 0.1) is 0 Å². The summed E-state index contributed by atoms with van der Waals surface area (Å²) in [7, 11) is 0.294. The molecule has 0 saturated heterocycles. The lowest BCUT2D eigenvalue weighted by atomic mass is 10.2. The predicted octanol–water partition coefficient (Wildman–Crippen LogP) is 4.41. The van der Waals surface area contributed by atoms with Crippen molar-refractivity contribution in [2.24, 2.45) is 17.3 Å². The molecule has 0 bridgehead atoms. The number of amides is 1. The number of hydrogen-bond donors (Lipinski definition) is 1. The molecule has 3 aromatic carbocycles. The summed E-state index contributed by atoms with van der Waals surface area (Å²) in [5.74, 6) is -0.396. The van der Waals surface area contributed by atoms with Gasteiger partial charge in [0, 0.05) is 18.5 Å². The van der Waals surface area contributed by atoms with Crippen LogP contribution in [-0.2, 0) is 21.9 Å². The number of aromatic hydroxyl groups is 1. The second-order valence-electron chi connectivity index (χ2n) is 7.71. The monoisotopic (exact) mass is 508 g/mol. The molecule has 1 N–H and O–H groups in total. The zero-order valence-corrected chi connectivity index (χ0v) is 20.6. The molecule has 4 rings (SSSR count). The van der Waals surface area contributed by atoms with Crippen LogP contribution in [0.1, 0.15) is 0 Å². The summed E-state index contributed by atoms with van der Waals surface area (Å²) in [6.07, 6.45) is 0. The van der Waals surface area contributed by atoms with Crippen LogP contribution in [0.4, 0.5) is 11.4 Å². The molecule has 36 heavy (non-hydrogen) atoms. The summed E-state index contributed by atoms with van der Waals surface area (Å²) in [6, 6.07) is 19.5. The highest BCUT2D eigenvalue weighted by molar-refractivity contribution is 7.92. The van der Waals surface area contributed by atoms with Gasteiger partial charge in [-0.15, -0.1) is 10.2 Å². The van der Waals surface area contributed by atoms with Gasteiger partial charge in [-0.3, -0.25) is 9.10 Å². The van der Waals surface area contributed by atoms with Crippen LogP contribution in [0.2, 0.25) is 0 Å². The van der Waals surface area contributed by atoms with Crippen LogP contribution in [0.25, 0.3) is 10.9 Å². The average Bonchev–Trinajstić information content (AvgIpc) is 3.15. The molecule has 0 atom stereocenters. The normalized spacial score (nSPS) is 11.6. The number of hydrogen-bond acceptors (Lipinski definition) is 7. The standard InChI is InChI=1S/C25H24N4O6S/c1-28-20-12-8-7-11-19(20)24(25(28)31)27-26-23(30)16-29(17-9-5-4-6-10-17)36(32,33)18-13-14-21(34-2)22(15-18)35-3/h4-15,31H,16H2,1-3H3. The molecule has 186 valence electrons. The first-order valence-electron chi connectivity index (χ1n) is 10.8. The molecule has 1 heterocycles. The fraction of sp³-hybridized carbons (Fsp3) is 0.160. The number of sulfonamides is 1.